The lowest BCUT2D eigenvalue weighted by molar-refractivity contribution is 0.279. The summed E-state index contributed by atoms with van der Waals surface area (Å²) in [5.74, 6) is 1.04. The number of anilines is 1. The molecule has 3 rings (SSSR count). The molecule has 1 aliphatic rings. The third-order valence-electron chi connectivity index (χ3n) is 3.76. The van der Waals surface area contributed by atoms with E-state index in [1.807, 2.05) is 0 Å². The minimum atomic E-state index is -3.52. The Morgan fingerprint density at radius 3 is 2.61 bits per heavy atom. The third kappa shape index (κ3) is 3.13. The molecule has 1 aromatic carbocycles. The van der Waals surface area contributed by atoms with Crippen molar-refractivity contribution in [1.82, 2.24) is 14.3 Å². The van der Waals surface area contributed by atoms with Crippen LogP contribution in [0.2, 0.25) is 0 Å². The first-order chi connectivity index (χ1) is 11.0. The Bertz CT molecular complexity index is 790. The van der Waals surface area contributed by atoms with Crippen molar-refractivity contribution in [3.8, 4) is 5.75 Å². The second-order valence-electron chi connectivity index (χ2n) is 5.37. The van der Waals surface area contributed by atoms with Crippen LogP contribution in [0, 0.1) is 6.92 Å². The summed E-state index contributed by atoms with van der Waals surface area (Å²) in [6, 6.07) is 6.80. The molecule has 0 aliphatic carbocycles. The number of nitrogens with zero attached hydrogens (tertiary/aromatic N) is 3. The molecule has 7 nitrogen and oxygen atoms in total. The Hall–Kier alpha value is -2.19. The average molecular weight is 334 g/mol. The Balaban J connectivity index is 1.71. The second kappa shape index (κ2) is 6.13. The zero-order valence-corrected chi connectivity index (χ0v) is 13.7. The molecule has 0 unspecified atom stereocenters. The average Bonchev–Trinajstić information content (AvgIpc) is 2.51. The summed E-state index contributed by atoms with van der Waals surface area (Å²) in [5, 5.41) is 3.12. The standard InChI is InChI=1S/C15H18N4O3S/c1-11-4-5-13(22-2)8-14(11)23(20,21)19-9-12(10-19)18-15-16-6-3-7-17-15/h3-8,12H,9-10H2,1-2H3,(H,16,17,18). The van der Waals surface area contributed by atoms with E-state index in [-0.39, 0.29) is 10.9 Å². The van der Waals surface area contributed by atoms with Gasteiger partial charge in [-0.25, -0.2) is 18.4 Å². The number of methoxy groups -OCH3 is 1. The lowest BCUT2D eigenvalue weighted by atomic mass is 10.2. The van der Waals surface area contributed by atoms with E-state index in [4.69, 9.17) is 4.74 Å². The molecule has 0 spiro atoms. The molecule has 0 amide bonds. The summed E-state index contributed by atoms with van der Waals surface area (Å²) in [4.78, 5) is 8.44. The molecule has 1 N–H and O–H groups in total. The molecule has 8 heteroatoms. The van der Waals surface area contributed by atoms with E-state index in [9.17, 15) is 8.42 Å². The Morgan fingerprint density at radius 1 is 1.26 bits per heavy atom. The molecule has 0 atom stereocenters. The van der Waals surface area contributed by atoms with Gasteiger partial charge in [0.2, 0.25) is 16.0 Å². The molecular formula is C15H18N4O3S. The van der Waals surface area contributed by atoms with Crippen molar-refractivity contribution in [3.63, 3.8) is 0 Å². The number of aryl methyl sites for hydroxylation is 1. The van der Waals surface area contributed by atoms with E-state index in [2.05, 4.69) is 15.3 Å². The Morgan fingerprint density at radius 2 is 1.96 bits per heavy atom. The van der Waals surface area contributed by atoms with Crippen LogP contribution in [0.15, 0.2) is 41.6 Å². The van der Waals surface area contributed by atoms with Crippen LogP contribution in [0.4, 0.5) is 5.95 Å². The van der Waals surface area contributed by atoms with Gasteiger partial charge in [-0.05, 0) is 24.6 Å². The van der Waals surface area contributed by atoms with Gasteiger partial charge >= 0.3 is 0 Å². The van der Waals surface area contributed by atoms with Crippen LogP contribution < -0.4 is 10.1 Å². The van der Waals surface area contributed by atoms with Crippen molar-refractivity contribution in [1.29, 1.82) is 0 Å². The Kier molecular flexibility index (Phi) is 4.18. The van der Waals surface area contributed by atoms with Crippen molar-refractivity contribution in [2.45, 2.75) is 17.9 Å². The fraction of sp³-hybridized carbons (Fsp3) is 0.333. The van der Waals surface area contributed by atoms with Gasteiger partial charge in [0.25, 0.3) is 0 Å². The monoisotopic (exact) mass is 334 g/mol. The van der Waals surface area contributed by atoms with Gasteiger partial charge in [-0.15, -0.1) is 0 Å². The number of rotatable bonds is 5. The maximum Gasteiger partial charge on any atom is 0.243 e. The molecule has 122 valence electrons. The van der Waals surface area contributed by atoms with Crippen LogP contribution in [0.25, 0.3) is 0 Å². The van der Waals surface area contributed by atoms with Crippen LogP contribution in [0.3, 0.4) is 0 Å². The zero-order valence-electron chi connectivity index (χ0n) is 12.9. The van der Waals surface area contributed by atoms with Crippen molar-refractivity contribution < 1.29 is 13.2 Å². The first-order valence-corrected chi connectivity index (χ1v) is 8.63. The van der Waals surface area contributed by atoms with E-state index >= 15 is 0 Å². The first kappa shape index (κ1) is 15.7. The van der Waals surface area contributed by atoms with Crippen molar-refractivity contribution in [2.75, 3.05) is 25.5 Å². The lowest BCUT2D eigenvalue weighted by Gasteiger charge is -2.38. The molecule has 0 saturated carbocycles. The third-order valence-corrected chi connectivity index (χ3v) is 5.73. The number of hydrogen-bond acceptors (Lipinski definition) is 6. The zero-order chi connectivity index (χ0) is 16.4. The lowest BCUT2D eigenvalue weighted by Crippen LogP contribution is -2.57. The van der Waals surface area contributed by atoms with Gasteiger partial charge in [-0.3, -0.25) is 0 Å². The summed E-state index contributed by atoms with van der Waals surface area (Å²) in [7, 11) is -2.00. The molecule has 23 heavy (non-hydrogen) atoms. The summed E-state index contributed by atoms with van der Waals surface area (Å²) in [6.07, 6.45) is 3.28. The molecule has 2 aromatic rings. The number of nitrogens with one attached hydrogen (secondary N) is 1. The predicted octanol–water partition coefficient (Wildman–Crippen LogP) is 1.28. The molecule has 0 bridgehead atoms. The number of ether oxygens (including phenoxy) is 1. The van der Waals surface area contributed by atoms with Crippen LogP contribution in [0.1, 0.15) is 5.56 Å². The van der Waals surface area contributed by atoms with Crippen LogP contribution >= 0.6 is 0 Å². The summed E-state index contributed by atoms with van der Waals surface area (Å²) in [6.45, 7) is 2.55. The highest BCUT2D eigenvalue weighted by molar-refractivity contribution is 7.89. The predicted molar refractivity (Wildman–Crippen MR) is 85.9 cm³/mol. The molecule has 1 saturated heterocycles. The normalized spacial score (nSPS) is 15.9. The number of hydrogen-bond donors (Lipinski definition) is 1. The highest BCUT2D eigenvalue weighted by atomic mass is 32.2. The molecular weight excluding hydrogens is 316 g/mol. The molecule has 0 radical (unpaired) electrons. The van der Waals surface area contributed by atoms with E-state index < -0.39 is 10.0 Å². The smallest absolute Gasteiger partial charge is 0.243 e. The van der Waals surface area contributed by atoms with Gasteiger partial charge in [0.15, 0.2) is 0 Å². The molecule has 1 aromatic heterocycles. The van der Waals surface area contributed by atoms with E-state index in [0.717, 1.165) is 0 Å². The summed E-state index contributed by atoms with van der Waals surface area (Å²) in [5.41, 5.74) is 0.702. The van der Waals surface area contributed by atoms with Crippen LogP contribution in [-0.2, 0) is 10.0 Å². The largest absolute Gasteiger partial charge is 0.497 e. The van der Waals surface area contributed by atoms with Gasteiger partial charge in [0, 0.05) is 31.5 Å². The minimum absolute atomic E-state index is 0.0121. The van der Waals surface area contributed by atoms with Crippen molar-refractivity contribution in [3.05, 3.63) is 42.2 Å². The molecule has 1 fully saturated rings. The molecule has 1 aliphatic heterocycles. The van der Waals surface area contributed by atoms with Crippen LogP contribution in [-0.4, -0.2) is 48.9 Å². The summed E-state index contributed by atoms with van der Waals surface area (Å²) < 4.78 is 32.0. The SMILES string of the molecule is COc1ccc(C)c(S(=O)(=O)N2CC(Nc3ncccn3)C2)c1. The molecule has 2 heterocycles. The van der Waals surface area contributed by atoms with Crippen molar-refractivity contribution in [2.24, 2.45) is 0 Å². The topological polar surface area (TPSA) is 84.4 Å². The maximum atomic E-state index is 12.7. The van der Waals surface area contributed by atoms with Gasteiger partial charge in [-0.2, -0.15) is 4.31 Å². The fourth-order valence-corrected chi connectivity index (χ4v) is 4.18. The van der Waals surface area contributed by atoms with E-state index in [1.54, 1.807) is 43.6 Å². The number of sulfonamides is 1. The number of aromatic nitrogens is 2. The van der Waals surface area contributed by atoms with Gasteiger partial charge in [0.1, 0.15) is 5.75 Å². The number of benzene rings is 1. The van der Waals surface area contributed by atoms with E-state index in [0.29, 0.717) is 30.4 Å². The van der Waals surface area contributed by atoms with Gasteiger partial charge in [-0.1, -0.05) is 6.07 Å². The van der Waals surface area contributed by atoms with Crippen LogP contribution in [0.5, 0.6) is 5.75 Å². The quantitative estimate of drug-likeness (QED) is 0.887. The Labute approximate surface area is 135 Å². The second-order valence-corrected chi connectivity index (χ2v) is 7.27. The minimum Gasteiger partial charge on any atom is -0.497 e. The summed E-state index contributed by atoms with van der Waals surface area (Å²) >= 11 is 0. The van der Waals surface area contributed by atoms with E-state index in [1.165, 1.54) is 11.4 Å². The fourth-order valence-electron chi connectivity index (χ4n) is 2.41. The van der Waals surface area contributed by atoms with Gasteiger partial charge in [0.05, 0.1) is 18.0 Å². The maximum absolute atomic E-state index is 12.7. The van der Waals surface area contributed by atoms with Crippen molar-refractivity contribution >= 4 is 16.0 Å². The highest BCUT2D eigenvalue weighted by Gasteiger charge is 2.37. The first-order valence-electron chi connectivity index (χ1n) is 7.19. The highest BCUT2D eigenvalue weighted by Crippen LogP contribution is 2.28. The van der Waals surface area contributed by atoms with Gasteiger partial charge < -0.3 is 10.1 Å².